The molecule has 53 heavy (non-hydrogen) atoms. The largest absolute Gasteiger partial charge is 0.309 e. The molecular formula is C48H28N4S. The van der Waals surface area contributed by atoms with E-state index in [1.165, 1.54) is 58.0 Å². The summed E-state index contributed by atoms with van der Waals surface area (Å²) in [6.45, 7) is 0. The summed E-state index contributed by atoms with van der Waals surface area (Å²) >= 11 is 1.85. The highest BCUT2D eigenvalue weighted by Crippen LogP contribution is 2.44. The Labute approximate surface area is 307 Å². The Hall–Kier alpha value is -6.82. The van der Waals surface area contributed by atoms with E-state index in [0.29, 0.717) is 5.95 Å². The second-order valence-corrected chi connectivity index (χ2v) is 14.8. The molecule has 0 radical (unpaired) electrons. The van der Waals surface area contributed by atoms with Gasteiger partial charge in [-0.15, -0.1) is 11.3 Å². The zero-order valence-corrected chi connectivity index (χ0v) is 29.2. The Morgan fingerprint density at radius 2 is 1.02 bits per heavy atom. The number of hydrogen-bond acceptors (Lipinski definition) is 3. The van der Waals surface area contributed by atoms with Crippen molar-refractivity contribution in [2.24, 2.45) is 0 Å². The van der Waals surface area contributed by atoms with Gasteiger partial charge in [0.25, 0.3) is 0 Å². The maximum atomic E-state index is 5.54. The van der Waals surface area contributed by atoms with E-state index in [4.69, 9.17) is 9.97 Å². The van der Waals surface area contributed by atoms with Crippen molar-refractivity contribution >= 4 is 96.8 Å². The Morgan fingerprint density at radius 3 is 1.81 bits per heavy atom. The molecule has 5 heteroatoms. The standard InChI is InChI=1S/C48H28N4S/c1-2-15-31(16-3-1)51-41-23-10-7-17-32(41)37-27-38-33-18-8-11-24-42(33)52(44(38)28-43(37)51)48-49-40-22-9-6-19-35(40)46(50-48)36-21-12-20-34-39-25-29-13-4-5-14-30(29)26-45(39)53-47(34)36/h1-28H. The molecule has 4 heterocycles. The molecule has 0 saturated carbocycles. The summed E-state index contributed by atoms with van der Waals surface area (Å²) in [4.78, 5) is 10.9. The van der Waals surface area contributed by atoms with Crippen molar-refractivity contribution in [3.8, 4) is 22.9 Å². The second kappa shape index (κ2) is 10.8. The minimum Gasteiger partial charge on any atom is -0.309 e. The first-order valence-corrected chi connectivity index (χ1v) is 18.7. The van der Waals surface area contributed by atoms with E-state index in [9.17, 15) is 0 Å². The average Bonchev–Trinajstić information content (AvgIpc) is 3.86. The fourth-order valence-electron chi connectivity index (χ4n) is 8.54. The summed E-state index contributed by atoms with van der Waals surface area (Å²) in [5.41, 5.74) is 8.61. The molecule has 4 nitrogen and oxygen atoms in total. The summed E-state index contributed by atoms with van der Waals surface area (Å²) < 4.78 is 7.17. The number of aromatic nitrogens is 4. The van der Waals surface area contributed by atoms with Crippen LogP contribution in [-0.4, -0.2) is 19.1 Å². The highest BCUT2D eigenvalue weighted by atomic mass is 32.1. The quantitative estimate of drug-likeness (QED) is 0.185. The van der Waals surface area contributed by atoms with Crippen molar-refractivity contribution in [2.75, 3.05) is 0 Å². The number of fused-ring (bicyclic) bond motifs is 11. The van der Waals surface area contributed by atoms with Crippen molar-refractivity contribution in [2.45, 2.75) is 0 Å². The number of para-hydroxylation sites is 4. The van der Waals surface area contributed by atoms with Crippen molar-refractivity contribution < 1.29 is 0 Å². The average molecular weight is 693 g/mol. The van der Waals surface area contributed by atoms with Gasteiger partial charge in [0.1, 0.15) is 0 Å². The van der Waals surface area contributed by atoms with E-state index in [0.717, 1.165) is 44.4 Å². The molecule has 0 N–H and O–H groups in total. The van der Waals surface area contributed by atoms with E-state index in [1.807, 2.05) is 11.3 Å². The van der Waals surface area contributed by atoms with Crippen LogP contribution in [0.3, 0.4) is 0 Å². The lowest BCUT2D eigenvalue weighted by Gasteiger charge is -2.13. The van der Waals surface area contributed by atoms with E-state index >= 15 is 0 Å². The number of rotatable bonds is 3. The lowest BCUT2D eigenvalue weighted by Crippen LogP contribution is -2.03. The van der Waals surface area contributed by atoms with Crippen LogP contribution >= 0.6 is 11.3 Å². The molecule has 0 spiro atoms. The third kappa shape index (κ3) is 4.11. The second-order valence-electron chi connectivity index (χ2n) is 13.8. The lowest BCUT2D eigenvalue weighted by molar-refractivity contribution is 1.01. The smallest absolute Gasteiger partial charge is 0.235 e. The van der Waals surface area contributed by atoms with Gasteiger partial charge < -0.3 is 4.57 Å². The summed E-state index contributed by atoms with van der Waals surface area (Å²) in [6, 6.07) is 61.1. The Bertz CT molecular complexity index is 3460. The van der Waals surface area contributed by atoms with E-state index < -0.39 is 0 Å². The molecule has 246 valence electrons. The maximum Gasteiger partial charge on any atom is 0.235 e. The van der Waals surface area contributed by atoms with Crippen LogP contribution in [0.15, 0.2) is 170 Å². The topological polar surface area (TPSA) is 35.6 Å². The summed E-state index contributed by atoms with van der Waals surface area (Å²) in [6.07, 6.45) is 0. The molecule has 0 bridgehead atoms. The first kappa shape index (κ1) is 28.8. The monoisotopic (exact) mass is 692 g/mol. The Morgan fingerprint density at radius 1 is 0.396 bits per heavy atom. The molecular weight excluding hydrogens is 665 g/mol. The van der Waals surface area contributed by atoms with Crippen LogP contribution in [0.1, 0.15) is 0 Å². The van der Waals surface area contributed by atoms with Gasteiger partial charge in [0, 0.05) is 58.4 Å². The fraction of sp³-hybridized carbons (Fsp3) is 0. The molecule has 0 atom stereocenters. The van der Waals surface area contributed by atoms with Crippen molar-refractivity contribution in [1.29, 1.82) is 0 Å². The highest BCUT2D eigenvalue weighted by Gasteiger charge is 2.22. The van der Waals surface area contributed by atoms with Crippen molar-refractivity contribution in [3.05, 3.63) is 170 Å². The van der Waals surface area contributed by atoms with Crippen molar-refractivity contribution in [3.63, 3.8) is 0 Å². The molecule has 0 aliphatic rings. The molecule has 0 aliphatic heterocycles. The fourth-order valence-corrected chi connectivity index (χ4v) is 9.79. The van der Waals surface area contributed by atoms with Gasteiger partial charge in [0.05, 0.1) is 33.3 Å². The van der Waals surface area contributed by atoms with Gasteiger partial charge in [-0.05, 0) is 65.4 Å². The van der Waals surface area contributed by atoms with Gasteiger partial charge in [-0.25, -0.2) is 9.97 Å². The summed E-state index contributed by atoms with van der Waals surface area (Å²) in [5.74, 6) is 0.662. The zero-order chi connectivity index (χ0) is 34.6. The van der Waals surface area contributed by atoms with Crippen LogP contribution < -0.4 is 0 Å². The third-order valence-electron chi connectivity index (χ3n) is 10.9. The van der Waals surface area contributed by atoms with Gasteiger partial charge in [-0.1, -0.05) is 115 Å². The zero-order valence-electron chi connectivity index (χ0n) is 28.4. The SMILES string of the molecule is c1ccc(-n2c3ccccc3c3cc4c5ccccc5n(-c5nc(-c6cccc7c6sc6cc8ccccc8cc67)c6ccccc6n5)c4cc32)cc1. The third-order valence-corrected chi connectivity index (χ3v) is 12.1. The van der Waals surface area contributed by atoms with Crippen LogP contribution in [0.4, 0.5) is 0 Å². The number of benzene rings is 8. The molecule has 0 fully saturated rings. The predicted octanol–water partition coefficient (Wildman–Crippen LogP) is 13.0. The van der Waals surface area contributed by atoms with Crippen LogP contribution in [0.2, 0.25) is 0 Å². The van der Waals surface area contributed by atoms with E-state index in [1.54, 1.807) is 0 Å². The Kier molecular flexibility index (Phi) is 5.90. The first-order chi connectivity index (χ1) is 26.3. The van der Waals surface area contributed by atoms with Gasteiger partial charge in [0.15, 0.2) is 0 Å². The van der Waals surface area contributed by atoms with Crippen LogP contribution in [-0.2, 0) is 0 Å². The number of nitrogens with zero attached hydrogens (tertiary/aromatic N) is 4. The molecule has 0 aliphatic carbocycles. The van der Waals surface area contributed by atoms with Gasteiger partial charge in [-0.3, -0.25) is 4.57 Å². The van der Waals surface area contributed by atoms with Gasteiger partial charge in [-0.2, -0.15) is 0 Å². The molecule has 12 aromatic rings. The van der Waals surface area contributed by atoms with Gasteiger partial charge >= 0.3 is 0 Å². The minimum absolute atomic E-state index is 0.662. The molecule has 12 rings (SSSR count). The van der Waals surface area contributed by atoms with Crippen molar-refractivity contribution in [1.82, 2.24) is 19.1 Å². The Balaban J connectivity index is 1.18. The summed E-state index contributed by atoms with van der Waals surface area (Å²) in [7, 11) is 0. The lowest BCUT2D eigenvalue weighted by atomic mass is 10.0. The molecule has 0 amide bonds. The summed E-state index contributed by atoms with van der Waals surface area (Å²) in [5, 5.41) is 10.9. The maximum absolute atomic E-state index is 5.54. The highest BCUT2D eigenvalue weighted by molar-refractivity contribution is 7.26. The van der Waals surface area contributed by atoms with Crippen LogP contribution in [0.25, 0.3) is 108 Å². The molecule has 8 aromatic carbocycles. The minimum atomic E-state index is 0.662. The predicted molar refractivity (Wildman–Crippen MR) is 224 cm³/mol. The molecule has 0 saturated heterocycles. The van der Waals surface area contributed by atoms with Crippen LogP contribution in [0.5, 0.6) is 0 Å². The van der Waals surface area contributed by atoms with Crippen LogP contribution in [0, 0.1) is 0 Å². The first-order valence-electron chi connectivity index (χ1n) is 17.9. The normalized spacial score (nSPS) is 12.2. The molecule has 0 unspecified atom stereocenters. The number of thiophene rings is 1. The molecule has 4 aromatic heterocycles. The number of hydrogen-bond donors (Lipinski definition) is 0. The van der Waals surface area contributed by atoms with Gasteiger partial charge in [0.2, 0.25) is 5.95 Å². The van der Waals surface area contributed by atoms with E-state index in [-0.39, 0.29) is 0 Å². The van der Waals surface area contributed by atoms with E-state index in [2.05, 4.69) is 179 Å².